The SMILES string of the molecule is CCCCCOc1ccc(Cn2c(O)c(N=O)c3ccccc32)cc1OC. The second kappa shape index (κ2) is 8.58. The zero-order valence-corrected chi connectivity index (χ0v) is 15.6. The molecule has 27 heavy (non-hydrogen) atoms. The number of fused-ring (bicyclic) bond motifs is 1. The quantitative estimate of drug-likeness (QED) is 0.407. The summed E-state index contributed by atoms with van der Waals surface area (Å²) < 4.78 is 12.9. The highest BCUT2D eigenvalue weighted by atomic mass is 16.5. The minimum atomic E-state index is -0.134. The summed E-state index contributed by atoms with van der Waals surface area (Å²) in [6.07, 6.45) is 3.28. The van der Waals surface area contributed by atoms with Gasteiger partial charge in [0.2, 0.25) is 5.88 Å². The third kappa shape index (κ3) is 3.89. The topological polar surface area (TPSA) is 73.0 Å². The van der Waals surface area contributed by atoms with Crippen LogP contribution in [0.3, 0.4) is 0 Å². The maximum atomic E-state index is 11.1. The van der Waals surface area contributed by atoms with E-state index in [1.807, 2.05) is 36.4 Å². The van der Waals surface area contributed by atoms with Gasteiger partial charge < -0.3 is 19.1 Å². The molecule has 6 nitrogen and oxygen atoms in total. The number of methoxy groups -OCH3 is 1. The van der Waals surface area contributed by atoms with Crippen molar-refractivity contribution in [2.45, 2.75) is 32.7 Å². The zero-order chi connectivity index (χ0) is 19.2. The summed E-state index contributed by atoms with van der Waals surface area (Å²) in [5, 5.41) is 14.1. The summed E-state index contributed by atoms with van der Waals surface area (Å²) in [6, 6.07) is 13.0. The monoisotopic (exact) mass is 368 g/mol. The van der Waals surface area contributed by atoms with E-state index >= 15 is 0 Å². The number of nitroso groups, excluding NO2 is 1. The lowest BCUT2D eigenvalue weighted by Crippen LogP contribution is -2.02. The van der Waals surface area contributed by atoms with Crippen molar-refractivity contribution >= 4 is 16.6 Å². The predicted octanol–water partition coefficient (Wildman–Crippen LogP) is 5.37. The number of unbranched alkanes of at least 4 members (excludes halogenated alkanes) is 2. The highest BCUT2D eigenvalue weighted by Crippen LogP contribution is 2.39. The van der Waals surface area contributed by atoms with Crippen molar-refractivity contribution < 1.29 is 14.6 Å². The molecule has 0 unspecified atom stereocenters. The van der Waals surface area contributed by atoms with Gasteiger partial charge in [-0.15, -0.1) is 4.91 Å². The Morgan fingerprint density at radius 2 is 1.93 bits per heavy atom. The number of ether oxygens (including phenoxy) is 2. The Morgan fingerprint density at radius 1 is 1.11 bits per heavy atom. The Hall–Kier alpha value is -3.02. The normalized spacial score (nSPS) is 10.9. The van der Waals surface area contributed by atoms with Crippen molar-refractivity contribution in [3.05, 3.63) is 52.9 Å². The van der Waals surface area contributed by atoms with Gasteiger partial charge in [0.1, 0.15) is 0 Å². The second-order valence-electron chi connectivity index (χ2n) is 6.41. The summed E-state index contributed by atoms with van der Waals surface area (Å²) in [7, 11) is 1.61. The van der Waals surface area contributed by atoms with E-state index in [4.69, 9.17) is 9.47 Å². The number of para-hydroxylation sites is 1. The van der Waals surface area contributed by atoms with E-state index in [1.165, 1.54) is 0 Å². The molecule has 3 aromatic rings. The lowest BCUT2D eigenvalue weighted by Gasteiger charge is -2.13. The van der Waals surface area contributed by atoms with Crippen LogP contribution < -0.4 is 9.47 Å². The first kappa shape index (κ1) is 18.8. The summed E-state index contributed by atoms with van der Waals surface area (Å²) in [6.45, 7) is 3.19. The van der Waals surface area contributed by atoms with E-state index in [9.17, 15) is 10.0 Å². The molecule has 0 aliphatic heterocycles. The van der Waals surface area contributed by atoms with Crippen molar-refractivity contribution in [3.63, 3.8) is 0 Å². The van der Waals surface area contributed by atoms with Crippen LogP contribution in [0.1, 0.15) is 31.7 Å². The molecule has 3 rings (SSSR count). The van der Waals surface area contributed by atoms with Crippen LogP contribution in [0.4, 0.5) is 5.69 Å². The molecule has 2 aromatic carbocycles. The molecular weight excluding hydrogens is 344 g/mol. The molecule has 6 heteroatoms. The molecular formula is C21H24N2O4. The first-order valence-electron chi connectivity index (χ1n) is 9.12. The Kier molecular flexibility index (Phi) is 5.96. The molecule has 0 saturated heterocycles. The number of rotatable bonds is 9. The Labute approximate surface area is 158 Å². The Morgan fingerprint density at radius 3 is 2.67 bits per heavy atom. The summed E-state index contributed by atoms with van der Waals surface area (Å²) in [5.74, 6) is 1.22. The van der Waals surface area contributed by atoms with Crippen LogP contribution in [0.25, 0.3) is 10.9 Å². The predicted molar refractivity (Wildman–Crippen MR) is 106 cm³/mol. The largest absolute Gasteiger partial charge is 0.493 e. The number of hydrogen-bond acceptors (Lipinski definition) is 5. The van der Waals surface area contributed by atoms with Crippen molar-refractivity contribution in [1.29, 1.82) is 0 Å². The molecule has 0 aliphatic carbocycles. The van der Waals surface area contributed by atoms with Gasteiger partial charge >= 0.3 is 0 Å². The molecule has 0 atom stereocenters. The fourth-order valence-electron chi connectivity index (χ4n) is 3.17. The van der Waals surface area contributed by atoms with Crippen molar-refractivity contribution in [2.75, 3.05) is 13.7 Å². The fraction of sp³-hybridized carbons (Fsp3) is 0.333. The lowest BCUT2D eigenvalue weighted by atomic mass is 10.2. The van der Waals surface area contributed by atoms with Gasteiger partial charge in [0.25, 0.3) is 0 Å². The van der Waals surface area contributed by atoms with Crippen LogP contribution in [0, 0.1) is 4.91 Å². The Balaban J connectivity index is 1.87. The molecule has 0 spiro atoms. The summed E-state index contributed by atoms with van der Waals surface area (Å²) in [4.78, 5) is 11.1. The van der Waals surface area contributed by atoms with E-state index in [0.717, 1.165) is 30.3 Å². The number of nitrogens with zero attached hydrogens (tertiary/aromatic N) is 2. The van der Waals surface area contributed by atoms with Gasteiger partial charge in [-0.25, -0.2) is 0 Å². The molecule has 0 fully saturated rings. The average molecular weight is 368 g/mol. The van der Waals surface area contributed by atoms with Gasteiger partial charge in [0.05, 0.1) is 25.8 Å². The average Bonchev–Trinajstić information content (AvgIpc) is 2.97. The minimum Gasteiger partial charge on any atom is -0.493 e. The third-order valence-corrected chi connectivity index (χ3v) is 4.58. The third-order valence-electron chi connectivity index (χ3n) is 4.58. The van der Waals surface area contributed by atoms with Gasteiger partial charge in [-0.3, -0.25) is 0 Å². The van der Waals surface area contributed by atoms with Crippen LogP contribution in [0.5, 0.6) is 17.4 Å². The molecule has 0 aliphatic rings. The number of hydrogen-bond donors (Lipinski definition) is 1. The molecule has 0 radical (unpaired) electrons. The van der Waals surface area contributed by atoms with Crippen LogP contribution >= 0.6 is 0 Å². The van der Waals surface area contributed by atoms with Gasteiger partial charge in [0.15, 0.2) is 17.2 Å². The number of aromatic hydroxyl groups is 1. The zero-order valence-electron chi connectivity index (χ0n) is 15.6. The highest BCUT2D eigenvalue weighted by Gasteiger charge is 2.17. The first-order chi connectivity index (χ1) is 13.2. The number of aromatic nitrogens is 1. The van der Waals surface area contributed by atoms with Crippen molar-refractivity contribution in [3.8, 4) is 17.4 Å². The number of benzene rings is 2. The van der Waals surface area contributed by atoms with E-state index in [-0.39, 0.29) is 11.6 Å². The van der Waals surface area contributed by atoms with Crippen LogP contribution in [0.2, 0.25) is 0 Å². The standard InChI is InChI=1S/C21H24N2O4/c1-3-4-7-12-27-18-11-10-15(13-19(18)26-2)14-23-17-9-6-5-8-16(17)20(22-25)21(23)24/h5-6,8-11,13,24H,3-4,7,12,14H2,1-2H3. The van der Waals surface area contributed by atoms with Crippen LogP contribution in [-0.4, -0.2) is 23.4 Å². The van der Waals surface area contributed by atoms with Gasteiger partial charge in [-0.05, 0) is 35.4 Å². The second-order valence-corrected chi connectivity index (χ2v) is 6.41. The summed E-state index contributed by atoms with van der Waals surface area (Å²) in [5.41, 5.74) is 1.73. The molecule has 0 saturated carbocycles. The maximum absolute atomic E-state index is 11.1. The fourth-order valence-corrected chi connectivity index (χ4v) is 3.17. The molecule has 1 heterocycles. The molecule has 0 bridgehead atoms. The Bertz CT molecular complexity index is 933. The maximum Gasteiger partial charge on any atom is 0.222 e. The summed E-state index contributed by atoms with van der Waals surface area (Å²) >= 11 is 0. The van der Waals surface area contributed by atoms with Crippen LogP contribution in [0.15, 0.2) is 47.6 Å². The highest BCUT2D eigenvalue weighted by molar-refractivity contribution is 5.95. The lowest BCUT2D eigenvalue weighted by molar-refractivity contribution is 0.286. The van der Waals surface area contributed by atoms with E-state index < -0.39 is 0 Å². The molecule has 1 aromatic heterocycles. The van der Waals surface area contributed by atoms with Gasteiger partial charge in [-0.1, -0.05) is 44.0 Å². The van der Waals surface area contributed by atoms with Gasteiger partial charge in [0, 0.05) is 5.39 Å². The van der Waals surface area contributed by atoms with Gasteiger partial charge in [-0.2, -0.15) is 0 Å². The minimum absolute atomic E-state index is 0.0634. The first-order valence-corrected chi connectivity index (χ1v) is 9.12. The van der Waals surface area contributed by atoms with E-state index in [1.54, 1.807) is 17.7 Å². The molecule has 142 valence electrons. The smallest absolute Gasteiger partial charge is 0.222 e. The van der Waals surface area contributed by atoms with E-state index in [2.05, 4.69) is 12.1 Å². The van der Waals surface area contributed by atoms with Crippen molar-refractivity contribution in [2.24, 2.45) is 5.18 Å². The van der Waals surface area contributed by atoms with Crippen molar-refractivity contribution in [1.82, 2.24) is 4.57 Å². The van der Waals surface area contributed by atoms with E-state index in [0.29, 0.717) is 30.0 Å². The molecule has 1 N–H and O–H groups in total. The molecule has 0 amide bonds. The van der Waals surface area contributed by atoms with Crippen LogP contribution in [-0.2, 0) is 6.54 Å².